The quantitative estimate of drug-likeness (QED) is 0.484. The number of nitrogens with zero attached hydrogens (tertiary/aromatic N) is 4. The van der Waals surface area contributed by atoms with Crippen LogP contribution in [-0.4, -0.2) is 27.7 Å². The summed E-state index contributed by atoms with van der Waals surface area (Å²) in [7, 11) is 0. The van der Waals surface area contributed by atoms with Crippen molar-refractivity contribution in [2.24, 2.45) is 0 Å². The standard InChI is InChI=1S/C18H15BrClF3N4/c19-12-6-4-11(5-7-12)13-10-14(18(21,22)23)27-16(24-13)15(20)17(25-27)26-8-2-1-3-9-26/h4-7,10H,1-3,8-9H2. The van der Waals surface area contributed by atoms with Crippen molar-refractivity contribution in [3.8, 4) is 11.3 Å². The molecule has 4 rings (SSSR count). The molecule has 0 amide bonds. The fourth-order valence-corrected chi connectivity index (χ4v) is 3.80. The van der Waals surface area contributed by atoms with E-state index < -0.39 is 11.9 Å². The maximum Gasteiger partial charge on any atom is 0.433 e. The summed E-state index contributed by atoms with van der Waals surface area (Å²) in [6.45, 7) is 1.45. The monoisotopic (exact) mass is 458 g/mol. The van der Waals surface area contributed by atoms with Gasteiger partial charge in [0.15, 0.2) is 17.2 Å². The van der Waals surface area contributed by atoms with Crippen LogP contribution in [0.25, 0.3) is 16.9 Å². The molecular formula is C18H15BrClF3N4. The van der Waals surface area contributed by atoms with Crippen molar-refractivity contribution in [3.05, 3.63) is 45.5 Å². The Hall–Kier alpha value is -1.80. The summed E-state index contributed by atoms with van der Waals surface area (Å²) in [5, 5.41) is 4.33. The Morgan fingerprint density at radius 2 is 1.70 bits per heavy atom. The predicted molar refractivity (Wildman–Crippen MR) is 102 cm³/mol. The molecule has 3 heterocycles. The van der Waals surface area contributed by atoms with Crippen LogP contribution in [0.3, 0.4) is 0 Å². The van der Waals surface area contributed by atoms with Crippen LogP contribution in [0.5, 0.6) is 0 Å². The highest BCUT2D eigenvalue weighted by atomic mass is 79.9. The maximum absolute atomic E-state index is 13.7. The molecule has 27 heavy (non-hydrogen) atoms. The third kappa shape index (κ3) is 3.52. The third-order valence-corrected chi connectivity index (χ3v) is 5.47. The van der Waals surface area contributed by atoms with Gasteiger partial charge < -0.3 is 4.90 Å². The highest BCUT2D eigenvalue weighted by Crippen LogP contribution is 2.37. The van der Waals surface area contributed by atoms with E-state index >= 15 is 0 Å². The average Bonchev–Trinajstić information content (AvgIpc) is 2.98. The van der Waals surface area contributed by atoms with Crippen molar-refractivity contribution >= 4 is 39.0 Å². The van der Waals surface area contributed by atoms with Gasteiger partial charge in [0.05, 0.1) is 5.69 Å². The number of aromatic nitrogens is 3. The van der Waals surface area contributed by atoms with Gasteiger partial charge in [-0.15, -0.1) is 5.10 Å². The molecule has 0 aliphatic carbocycles. The van der Waals surface area contributed by atoms with Crippen molar-refractivity contribution in [3.63, 3.8) is 0 Å². The molecule has 4 nitrogen and oxygen atoms in total. The van der Waals surface area contributed by atoms with E-state index in [2.05, 4.69) is 26.0 Å². The molecule has 142 valence electrons. The molecule has 9 heteroatoms. The first-order valence-corrected chi connectivity index (χ1v) is 9.69. The minimum Gasteiger partial charge on any atom is -0.354 e. The van der Waals surface area contributed by atoms with Gasteiger partial charge in [-0.3, -0.25) is 0 Å². The first-order chi connectivity index (χ1) is 12.8. The van der Waals surface area contributed by atoms with Gasteiger partial charge in [0, 0.05) is 23.1 Å². The van der Waals surface area contributed by atoms with Crippen LogP contribution in [-0.2, 0) is 6.18 Å². The van der Waals surface area contributed by atoms with Crippen LogP contribution >= 0.6 is 27.5 Å². The van der Waals surface area contributed by atoms with Crippen molar-refractivity contribution in [2.45, 2.75) is 25.4 Å². The Bertz CT molecular complexity index is 979. The van der Waals surface area contributed by atoms with E-state index in [9.17, 15) is 13.2 Å². The molecule has 0 saturated carbocycles. The molecule has 1 aliphatic heterocycles. The second kappa shape index (κ2) is 6.98. The van der Waals surface area contributed by atoms with Gasteiger partial charge in [-0.2, -0.15) is 13.2 Å². The van der Waals surface area contributed by atoms with Gasteiger partial charge in [0.2, 0.25) is 0 Å². The molecule has 2 aromatic heterocycles. The van der Waals surface area contributed by atoms with Crippen LogP contribution in [0.15, 0.2) is 34.8 Å². The number of halogens is 5. The lowest BCUT2D eigenvalue weighted by molar-refractivity contribution is -0.142. The van der Waals surface area contributed by atoms with E-state index in [-0.39, 0.29) is 16.4 Å². The van der Waals surface area contributed by atoms with E-state index in [0.29, 0.717) is 11.4 Å². The molecule has 0 unspecified atom stereocenters. The van der Waals surface area contributed by atoms with Crippen molar-refractivity contribution in [1.82, 2.24) is 14.6 Å². The summed E-state index contributed by atoms with van der Waals surface area (Å²) in [4.78, 5) is 6.32. The highest BCUT2D eigenvalue weighted by Gasteiger charge is 2.36. The van der Waals surface area contributed by atoms with Crippen LogP contribution in [0.2, 0.25) is 5.02 Å². The third-order valence-electron chi connectivity index (χ3n) is 4.60. The Morgan fingerprint density at radius 1 is 1.04 bits per heavy atom. The van der Waals surface area contributed by atoms with Crippen molar-refractivity contribution in [2.75, 3.05) is 18.0 Å². The fourth-order valence-electron chi connectivity index (χ4n) is 3.26. The molecule has 0 atom stereocenters. The van der Waals surface area contributed by atoms with E-state index in [1.54, 1.807) is 24.3 Å². The smallest absolute Gasteiger partial charge is 0.354 e. The van der Waals surface area contributed by atoms with Crippen LogP contribution in [0.1, 0.15) is 25.0 Å². The SMILES string of the molecule is FC(F)(F)c1cc(-c2ccc(Br)cc2)nc2c(Cl)c(N3CCCCC3)nn12. The second-order valence-electron chi connectivity index (χ2n) is 6.45. The molecule has 0 bridgehead atoms. The second-order valence-corrected chi connectivity index (χ2v) is 7.75. The van der Waals surface area contributed by atoms with E-state index in [4.69, 9.17) is 11.6 Å². The van der Waals surface area contributed by atoms with Gasteiger partial charge in [0.1, 0.15) is 5.02 Å². The molecule has 1 saturated heterocycles. The number of rotatable bonds is 2. The number of fused-ring (bicyclic) bond motifs is 1. The number of anilines is 1. The molecule has 1 fully saturated rings. The normalized spacial score (nSPS) is 15.5. The number of hydrogen-bond donors (Lipinski definition) is 0. The predicted octanol–water partition coefficient (Wildman–Crippen LogP) is 5.82. The van der Waals surface area contributed by atoms with Gasteiger partial charge >= 0.3 is 6.18 Å². The lowest BCUT2D eigenvalue weighted by atomic mass is 10.1. The van der Waals surface area contributed by atoms with Gasteiger partial charge in [-0.25, -0.2) is 9.50 Å². The molecule has 1 aliphatic rings. The Balaban J connectivity index is 1.92. The van der Waals surface area contributed by atoms with Crippen LogP contribution in [0.4, 0.5) is 19.0 Å². The Labute approximate surface area is 167 Å². The topological polar surface area (TPSA) is 33.4 Å². The number of alkyl halides is 3. The van der Waals surface area contributed by atoms with Gasteiger partial charge in [0.25, 0.3) is 0 Å². The molecule has 0 radical (unpaired) electrons. The van der Waals surface area contributed by atoms with E-state index in [1.807, 2.05) is 4.90 Å². The van der Waals surface area contributed by atoms with Gasteiger partial charge in [-0.05, 0) is 37.5 Å². The van der Waals surface area contributed by atoms with E-state index in [0.717, 1.165) is 47.4 Å². The molecule has 3 aromatic rings. The first-order valence-electron chi connectivity index (χ1n) is 8.52. The summed E-state index contributed by atoms with van der Waals surface area (Å²) in [5.41, 5.74) is -0.0992. The molecule has 1 aromatic carbocycles. The van der Waals surface area contributed by atoms with E-state index in [1.165, 1.54) is 0 Å². The van der Waals surface area contributed by atoms with Crippen LogP contribution < -0.4 is 4.90 Å². The number of benzene rings is 1. The summed E-state index contributed by atoms with van der Waals surface area (Å²) >= 11 is 9.76. The zero-order valence-corrected chi connectivity index (χ0v) is 16.4. The minimum absolute atomic E-state index is 0.0185. The summed E-state index contributed by atoms with van der Waals surface area (Å²) in [6.07, 6.45) is -1.55. The molecular weight excluding hydrogens is 445 g/mol. The molecule has 0 N–H and O–H groups in total. The minimum atomic E-state index is -4.58. The fraction of sp³-hybridized carbons (Fsp3) is 0.333. The Morgan fingerprint density at radius 3 is 2.33 bits per heavy atom. The van der Waals surface area contributed by atoms with Crippen molar-refractivity contribution < 1.29 is 13.2 Å². The summed E-state index contributed by atoms with van der Waals surface area (Å²) in [6, 6.07) is 7.94. The van der Waals surface area contributed by atoms with Gasteiger partial charge in [-0.1, -0.05) is 39.7 Å². The number of piperidine rings is 1. The lowest BCUT2D eigenvalue weighted by Crippen LogP contribution is -2.30. The summed E-state index contributed by atoms with van der Waals surface area (Å²) < 4.78 is 42.8. The maximum atomic E-state index is 13.7. The van der Waals surface area contributed by atoms with Crippen molar-refractivity contribution in [1.29, 1.82) is 0 Å². The number of hydrogen-bond acceptors (Lipinski definition) is 3. The van der Waals surface area contributed by atoms with Crippen LogP contribution in [0, 0.1) is 0 Å². The zero-order valence-electron chi connectivity index (χ0n) is 14.1. The largest absolute Gasteiger partial charge is 0.433 e. The highest BCUT2D eigenvalue weighted by molar-refractivity contribution is 9.10. The first kappa shape index (κ1) is 18.6. The molecule has 0 spiro atoms. The average molecular weight is 460 g/mol. The summed E-state index contributed by atoms with van der Waals surface area (Å²) in [5.74, 6) is 0.363. The lowest BCUT2D eigenvalue weighted by Gasteiger charge is -2.26. The zero-order chi connectivity index (χ0) is 19.2. The Kier molecular flexibility index (Phi) is 4.80.